The summed E-state index contributed by atoms with van der Waals surface area (Å²) in [5.74, 6) is -0.124. The Kier molecular flexibility index (Phi) is 38.0. The fraction of sp³-hybridized carbons (Fsp3) is 0.827. The number of carbonyl (C=O) groups is 4. The van der Waals surface area contributed by atoms with Gasteiger partial charge in [0.05, 0.1) is 12.6 Å². The molecular weight excluding hydrogens is 759 g/mol. The van der Waals surface area contributed by atoms with Gasteiger partial charge in [-0.25, -0.2) is 0 Å². The molecule has 0 spiro atoms. The van der Waals surface area contributed by atoms with E-state index in [-0.39, 0.29) is 42.0 Å². The van der Waals surface area contributed by atoms with Crippen LogP contribution in [-0.4, -0.2) is 72.4 Å². The first kappa shape index (κ1) is 56.2. The number of hydrogen-bond donors (Lipinski definition) is 3. The van der Waals surface area contributed by atoms with E-state index < -0.39 is 6.04 Å². The lowest BCUT2D eigenvalue weighted by atomic mass is 10.0. The first-order valence-electron chi connectivity index (χ1n) is 25.7. The Morgan fingerprint density at radius 2 is 1.13 bits per heavy atom. The zero-order valence-electron chi connectivity index (χ0n) is 39.9. The summed E-state index contributed by atoms with van der Waals surface area (Å²) in [6.45, 7) is 7.88. The van der Waals surface area contributed by atoms with Crippen LogP contribution in [0.3, 0.4) is 0 Å². The van der Waals surface area contributed by atoms with Gasteiger partial charge < -0.3 is 21.3 Å². The van der Waals surface area contributed by atoms with Crippen LogP contribution in [0.5, 0.6) is 0 Å². The number of likely N-dealkylation sites (tertiary alicyclic amines) is 1. The summed E-state index contributed by atoms with van der Waals surface area (Å²) in [6, 6.07) is -0.768. The van der Waals surface area contributed by atoms with Crippen molar-refractivity contribution in [3.63, 3.8) is 0 Å². The predicted octanol–water partition coefficient (Wildman–Crippen LogP) is 12.2. The second kappa shape index (κ2) is 41.2. The quantitative estimate of drug-likeness (QED) is 0.0319. The van der Waals surface area contributed by atoms with Gasteiger partial charge in [-0.3, -0.25) is 24.2 Å². The Morgan fingerprint density at radius 1 is 0.639 bits per heavy atom. The molecule has 0 aromatic carbocycles. The first-order valence-corrected chi connectivity index (χ1v) is 25.7. The zero-order valence-corrected chi connectivity index (χ0v) is 39.9. The molecule has 0 radical (unpaired) electrons. The van der Waals surface area contributed by atoms with Gasteiger partial charge in [0.2, 0.25) is 17.7 Å². The molecule has 1 aliphatic rings. The number of nitrogens with zero attached hydrogens (tertiary/aromatic N) is 2. The molecule has 3 unspecified atom stereocenters. The minimum Gasteiger partial charge on any atom is -0.352 e. The Hall–Kier alpha value is -2.81. The van der Waals surface area contributed by atoms with Gasteiger partial charge in [0.15, 0.2) is 0 Å². The minimum atomic E-state index is -0.745. The largest absolute Gasteiger partial charge is 0.352 e. The van der Waals surface area contributed by atoms with Crippen LogP contribution in [0.1, 0.15) is 239 Å². The Balaban J connectivity index is 2.43. The van der Waals surface area contributed by atoms with E-state index in [1.807, 2.05) is 18.0 Å². The van der Waals surface area contributed by atoms with E-state index in [4.69, 9.17) is 5.73 Å². The number of unbranched alkanes of at least 4 members (excludes halogenated alkanes) is 22. The van der Waals surface area contributed by atoms with Gasteiger partial charge >= 0.3 is 0 Å². The number of nitrogens with two attached hydrogens (primary N) is 1. The van der Waals surface area contributed by atoms with E-state index >= 15 is 0 Å². The summed E-state index contributed by atoms with van der Waals surface area (Å²) in [5.41, 5.74) is 5.85. The van der Waals surface area contributed by atoms with Crippen molar-refractivity contribution in [3.05, 3.63) is 24.3 Å². The van der Waals surface area contributed by atoms with E-state index in [1.165, 1.54) is 109 Å². The molecule has 9 heteroatoms. The molecule has 0 aromatic heterocycles. The van der Waals surface area contributed by atoms with Gasteiger partial charge in [0, 0.05) is 51.0 Å². The highest BCUT2D eigenvalue weighted by atomic mass is 16.2. The zero-order chi connectivity index (χ0) is 44.4. The monoisotopic (exact) mass is 854 g/mol. The third-order valence-electron chi connectivity index (χ3n) is 12.0. The van der Waals surface area contributed by atoms with Gasteiger partial charge in [-0.05, 0) is 96.8 Å². The molecule has 0 aliphatic carbocycles. The molecule has 0 aromatic rings. The minimum absolute atomic E-state index is 0.00189. The number of amides is 3. The third-order valence-corrected chi connectivity index (χ3v) is 12.0. The maximum atomic E-state index is 13.3. The lowest BCUT2D eigenvalue weighted by molar-refractivity contribution is -0.131. The Morgan fingerprint density at radius 3 is 1.66 bits per heavy atom. The third kappa shape index (κ3) is 34.4. The summed E-state index contributed by atoms with van der Waals surface area (Å²) in [4.78, 5) is 58.3. The van der Waals surface area contributed by atoms with Crippen molar-refractivity contribution < 1.29 is 19.2 Å². The Bertz CT molecular complexity index is 1180. The molecule has 61 heavy (non-hydrogen) atoms. The normalized spacial score (nSPS) is 15.3. The number of carbonyl (C=O) groups excluding carboxylic acids is 4. The summed E-state index contributed by atoms with van der Waals surface area (Å²) >= 11 is 0. The molecule has 0 bridgehead atoms. The van der Waals surface area contributed by atoms with Gasteiger partial charge in [-0.1, -0.05) is 141 Å². The maximum Gasteiger partial charge on any atom is 0.242 e. The van der Waals surface area contributed by atoms with E-state index in [1.54, 1.807) is 0 Å². The number of Topliss-reactive ketones (excluding diaryl/α,β-unsaturated/α-hetero) is 1. The van der Waals surface area contributed by atoms with Gasteiger partial charge in [0.1, 0.15) is 11.8 Å². The van der Waals surface area contributed by atoms with Crippen LogP contribution in [-0.2, 0) is 19.2 Å². The van der Waals surface area contributed by atoms with Crippen LogP contribution in [0, 0.1) is 0 Å². The average Bonchev–Trinajstić information content (AvgIpc) is 3.72. The lowest BCUT2D eigenvalue weighted by Gasteiger charge is -2.22. The highest BCUT2D eigenvalue weighted by Crippen LogP contribution is 2.18. The van der Waals surface area contributed by atoms with Crippen molar-refractivity contribution >= 4 is 29.7 Å². The average molecular weight is 854 g/mol. The molecule has 1 rings (SSSR count). The number of aliphatic imine (C=N–C) groups is 1. The molecule has 3 atom stereocenters. The molecule has 4 N–H and O–H groups in total. The van der Waals surface area contributed by atoms with E-state index in [2.05, 4.69) is 53.8 Å². The molecule has 9 nitrogen and oxygen atoms in total. The number of allylic oxidation sites excluding steroid dienone is 4. The predicted molar refractivity (Wildman–Crippen MR) is 259 cm³/mol. The van der Waals surface area contributed by atoms with Crippen molar-refractivity contribution in [3.8, 4) is 0 Å². The molecule has 1 saturated heterocycles. The van der Waals surface area contributed by atoms with Crippen molar-refractivity contribution in [1.29, 1.82) is 0 Å². The molecule has 1 heterocycles. The van der Waals surface area contributed by atoms with Crippen LogP contribution in [0.2, 0.25) is 0 Å². The number of rotatable bonds is 42. The number of hydrogen-bond acceptors (Lipinski definition) is 6. The van der Waals surface area contributed by atoms with Gasteiger partial charge in [-0.2, -0.15) is 0 Å². The van der Waals surface area contributed by atoms with Crippen molar-refractivity contribution in [2.75, 3.05) is 19.6 Å². The highest BCUT2D eigenvalue weighted by molar-refractivity contribution is 5.88. The fourth-order valence-electron chi connectivity index (χ4n) is 8.03. The standard InChI is InChI=1S/C52H95N5O4/c1-4-6-8-10-12-14-16-18-20-22-24-26-28-30-32-36-48(58)39-40-49(52(61)55-43-42-54-45-47-35-34-44-57(47)51(60)41-38-46(3)53)56-50(59)37-33-31-29-27-25-23-21-19-17-15-13-11-9-7-5-2/h18-21,45-47,49H,4-17,22-44,53H2,1-3H3,(H,55,61)(H,56,59). The first-order chi connectivity index (χ1) is 29.8. The smallest absolute Gasteiger partial charge is 0.242 e. The van der Waals surface area contributed by atoms with E-state index in [9.17, 15) is 19.2 Å². The Labute approximate surface area is 375 Å². The fourth-order valence-corrected chi connectivity index (χ4v) is 8.03. The summed E-state index contributed by atoms with van der Waals surface area (Å²) < 4.78 is 0. The van der Waals surface area contributed by atoms with Crippen LogP contribution in [0.15, 0.2) is 29.3 Å². The van der Waals surface area contributed by atoms with Crippen molar-refractivity contribution in [1.82, 2.24) is 15.5 Å². The van der Waals surface area contributed by atoms with Crippen LogP contribution < -0.4 is 16.4 Å². The second-order valence-electron chi connectivity index (χ2n) is 18.0. The molecule has 0 saturated carbocycles. The van der Waals surface area contributed by atoms with E-state index in [0.717, 1.165) is 77.2 Å². The topological polar surface area (TPSA) is 134 Å². The summed E-state index contributed by atoms with van der Waals surface area (Å²) in [5, 5.41) is 5.90. The molecule has 1 aliphatic heterocycles. The molecule has 352 valence electrons. The van der Waals surface area contributed by atoms with Crippen molar-refractivity contribution in [2.24, 2.45) is 10.7 Å². The SMILES string of the molecule is CCCCCCCCC=CCCCCCCCC(=O)CCC(NC(=O)CCCCCCCC=CCCCCCCCC)C(=O)NCCN=CC1CCCN1C(=O)CCC(C)N. The number of nitrogens with one attached hydrogen (secondary N) is 2. The van der Waals surface area contributed by atoms with Crippen molar-refractivity contribution in [2.45, 2.75) is 257 Å². The van der Waals surface area contributed by atoms with Crippen LogP contribution in [0.4, 0.5) is 0 Å². The maximum absolute atomic E-state index is 13.3. The highest BCUT2D eigenvalue weighted by Gasteiger charge is 2.27. The van der Waals surface area contributed by atoms with Gasteiger partial charge in [-0.15, -0.1) is 0 Å². The lowest BCUT2D eigenvalue weighted by Crippen LogP contribution is -2.47. The van der Waals surface area contributed by atoms with Crippen LogP contribution in [0.25, 0.3) is 0 Å². The van der Waals surface area contributed by atoms with Gasteiger partial charge in [0.25, 0.3) is 0 Å². The molecular formula is C52H95N5O4. The van der Waals surface area contributed by atoms with E-state index in [0.29, 0.717) is 45.2 Å². The molecule has 1 fully saturated rings. The number of ketones is 1. The summed E-state index contributed by atoms with van der Waals surface area (Å²) in [7, 11) is 0. The second-order valence-corrected chi connectivity index (χ2v) is 18.0. The molecule has 3 amide bonds. The van der Waals surface area contributed by atoms with Crippen LogP contribution >= 0.6 is 0 Å². The summed E-state index contributed by atoms with van der Waals surface area (Å²) in [6.07, 6.45) is 47.1.